The molecule has 0 radical (unpaired) electrons. The summed E-state index contributed by atoms with van der Waals surface area (Å²) in [6, 6.07) is 26.0. The van der Waals surface area contributed by atoms with Crippen LogP contribution in [0.2, 0.25) is 0 Å². The average molecular weight is 546 g/mol. The molecule has 3 aromatic carbocycles. The third-order valence-corrected chi connectivity index (χ3v) is 9.45. The molecule has 2 aliphatic carbocycles. The summed E-state index contributed by atoms with van der Waals surface area (Å²) in [6.07, 6.45) is 0.787. The van der Waals surface area contributed by atoms with Crippen molar-refractivity contribution in [2.24, 2.45) is 23.7 Å². The number of nitrogens with one attached hydrogen (secondary N) is 1. The number of rotatable bonds is 6. The van der Waals surface area contributed by atoms with E-state index in [0.717, 1.165) is 12.2 Å². The number of carbonyl (C=O) groups excluding carboxylic acids is 2. The number of hydrogen-bond donors (Lipinski definition) is 1. The van der Waals surface area contributed by atoms with E-state index < -0.39 is 0 Å². The molecule has 1 saturated heterocycles. The predicted molar refractivity (Wildman–Crippen MR) is 141 cm³/mol. The molecule has 0 spiro atoms. The fraction of sp³-hybridized carbons (Fsp3) is 0.333. The summed E-state index contributed by atoms with van der Waals surface area (Å²) in [4.78, 5) is 25.5. The summed E-state index contributed by atoms with van der Waals surface area (Å²) in [5.74, 6) is 0.726. The van der Waals surface area contributed by atoms with Crippen LogP contribution >= 0.6 is 15.9 Å². The van der Waals surface area contributed by atoms with Crippen LogP contribution < -0.4 is 10.1 Å². The van der Waals surface area contributed by atoms with Gasteiger partial charge >= 0.3 is 5.97 Å². The number of carbonyl (C=O) groups is 2. The van der Waals surface area contributed by atoms with Crippen molar-refractivity contribution in [2.45, 2.75) is 36.6 Å². The summed E-state index contributed by atoms with van der Waals surface area (Å²) in [6.45, 7) is 4.43. The Morgan fingerprint density at radius 3 is 2.19 bits per heavy atom. The fourth-order valence-electron chi connectivity index (χ4n) is 6.26. The van der Waals surface area contributed by atoms with Gasteiger partial charge in [0.1, 0.15) is 17.6 Å². The highest BCUT2D eigenvalue weighted by Crippen LogP contribution is 2.60. The summed E-state index contributed by atoms with van der Waals surface area (Å²) < 4.78 is 11.6. The number of alkyl halides is 1. The van der Waals surface area contributed by atoms with Crippen molar-refractivity contribution in [2.75, 3.05) is 5.32 Å². The lowest BCUT2D eigenvalue weighted by Crippen LogP contribution is -2.40. The lowest BCUT2D eigenvalue weighted by molar-refractivity contribution is -0.145. The van der Waals surface area contributed by atoms with Gasteiger partial charge in [0.25, 0.3) is 0 Å². The van der Waals surface area contributed by atoms with Crippen LogP contribution in [-0.4, -0.2) is 22.8 Å². The van der Waals surface area contributed by atoms with Crippen LogP contribution in [0.15, 0.2) is 78.9 Å². The number of benzene rings is 3. The quantitative estimate of drug-likeness (QED) is 0.291. The Morgan fingerprint density at radius 1 is 0.917 bits per heavy atom. The van der Waals surface area contributed by atoms with Crippen molar-refractivity contribution in [1.29, 1.82) is 0 Å². The predicted octanol–water partition coefficient (Wildman–Crippen LogP) is 6.31. The van der Waals surface area contributed by atoms with E-state index in [1.165, 1.54) is 11.1 Å². The molecular weight excluding hydrogens is 518 g/mol. The van der Waals surface area contributed by atoms with Crippen molar-refractivity contribution in [3.05, 3.63) is 90.0 Å². The Kier molecular flexibility index (Phi) is 5.67. The Labute approximate surface area is 219 Å². The van der Waals surface area contributed by atoms with Crippen LogP contribution in [0.4, 0.5) is 5.69 Å². The van der Waals surface area contributed by atoms with Crippen molar-refractivity contribution < 1.29 is 19.1 Å². The second-order valence-corrected chi connectivity index (χ2v) is 11.6. The Hall–Kier alpha value is -3.12. The Bertz CT molecular complexity index is 1290. The van der Waals surface area contributed by atoms with E-state index in [-0.39, 0.29) is 51.9 Å². The van der Waals surface area contributed by atoms with Gasteiger partial charge in [0.15, 0.2) is 0 Å². The molecule has 6 heteroatoms. The first-order valence-electron chi connectivity index (χ1n) is 12.4. The van der Waals surface area contributed by atoms with E-state index in [4.69, 9.17) is 9.47 Å². The van der Waals surface area contributed by atoms with E-state index in [9.17, 15) is 9.59 Å². The monoisotopic (exact) mass is 545 g/mol. The third kappa shape index (κ3) is 3.83. The van der Waals surface area contributed by atoms with E-state index in [0.29, 0.717) is 11.4 Å². The second kappa shape index (κ2) is 8.77. The molecule has 6 rings (SSSR count). The maximum absolute atomic E-state index is 13.1. The van der Waals surface area contributed by atoms with Crippen molar-refractivity contribution in [3.8, 4) is 11.5 Å². The fourth-order valence-corrected chi connectivity index (χ4v) is 7.30. The molecule has 0 aromatic heterocycles. The molecule has 2 bridgehead atoms. The van der Waals surface area contributed by atoms with Crippen LogP contribution in [0, 0.1) is 23.7 Å². The summed E-state index contributed by atoms with van der Waals surface area (Å²) >= 11 is 3.66. The van der Waals surface area contributed by atoms with Gasteiger partial charge in [-0.1, -0.05) is 72.2 Å². The summed E-state index contributed by atoms with van der Waals surface area (Å²) in [5, 5.41) is 3.00. The molecule has 184 valence electrons. The van der Waals surface area contributed by atoms with Gasteiger partial charge in [0, 0.05) is 17.0 Å². The van der Waals surface area contributed by atoms with Gasteiger partial charge < -0.3 is 14.8 Å². The minimum Gasteiger partial charge on any atom is -0.461 e. The highest BCUT2D eigenvalue weighted by Gasteiger charge is 2.67. The maximum Gasteiger partial charge on any atom is 0.310 e. The molecule has 3 aromatic rings. The number of fused-ring (bicyclic) bond motifs is 1. The summed E-state index contributed by atoms with van der Waals surface area (Å²) in [5.41, 5.74) is 3.05. The molecule has 0 unspecified atom stereocenters. The number of hydrogen-bond acceptors (Lipinski definition) is 4. The Balaban J connectivity index is 1.10. The zero-order valence-corrected chi connectivity index (χ0v) is 21.8. The first kappa shape index (κ1) is 23.3. The van der Waals surface area contributed by atoms with Crippen LogP contribution in [0.5, 0.6) is 11.5 Å². The molecule has 1 aliphatic heterocycles. The first-order chi connectivity index (χ1) is 17.3. The largest absolute Gasteiger partial charge is 0.461 e. The van der Waals surface area contributed by atoms with Crippen LogP contribution in [0.3, 0.4) is 0 Å². The minimum absolute atomic E-state index is 0.0568. The number of esters is 1. The zero-order chi connectivity index (χ0) is 25.0. The van der Waals surface area contributed by atoms with Crippen LogP contribution in [0.25, 0.3) is 0 Å². The SMILES string of the molecule is CC(C)(c1ccccc1)c1ccc(Oc2ccc(NC(=O)[C@@H]3[C@H]4C[C@H]5[C@H](OC(=O)[C@@H]53)[C@@H]4Br)cc2)cc1. The second-order valence-electron chi connectivity index (χ2n) is 10.6. The Morgan fingerprint density at radius 2 is 1.53 bits per heavy atom. The molecule has 2 saturated carbocycles. The van der Waals surface area contributed by atoms with E-state index in [1.54, 1.807) is 0 Å². The lowest BCUT2D eigenvalue weighted by atomic mass is 9.78. The lowest BCUT2D eigenvalue weighted by Gasteiger charge is -2.27. The van der Waals surface area contributed by atoms with E-state index in [2.05, 4.69) is 71.5 Å². The van der Waals surface area contributed by atoms with Crippen molar-refractivity contribution in [1.82, 2.24) is 0 Å². The van der Waals surface area contributed by atoms with Gasteiger partial charge in [-0.25, -0.2) is 0 Å². The first-order valence-corrected chi connectivity index (χ1v) is 13.3. The van der Waals surface area contributed by atoms with E-state index in [1.807, 2.05) is 42.5 Å². The highest BCUT2D eigenvalue weighted by molar-refractivity contribution is 9.09. The molecule has 36 heavy (non-hydrogen) atoms. The molecule has 1 heterocycles. The summed E-state index contributed by atoms with van der Waals surface area (Å²) in [7, 11) is 0. The number of ether oxygens (including phenoxy) is 2. The van der Waals surface area contributed by atoms with Gasteiger partial charge in [-0.3, -0.25) is 9.59 Å². The smallest absolute Gasteiger partial charge is 0.310 e. The molecule has 3 aliphatic rings. The average Bonchev–Trinajstić information content (AvgIpc) is 3.50. The van der Waals surface area contributed by atoms with Crippen molar-refractivity contribution >= 4 is 33.5 Å². The maximum atomic E-state index is 13.1. The topological polar surface area (TPSA) is 64.6 Å². The number of halogens is 1. The van der Waals surface area contributed by atoms with Gasteiger partial charge in [0.05, 0.1) is 16.7 Å². The number of amides is 1. The standard InChI is InChI=1S/C30H28BrNO4/c1-30(2,17-6-4-3-5-7-17)18-8-12-20(13-9-18)35-21-14-10-19(11-15-21)32-28(33)24-22-16-23-25(24)29(34)36-27(23)26(22)31/h3-15,22-27H,16H2,1-2H3,(H,32,33)/t22-,23-,24-,25+,26-,27+/m1/s1. The molecule has 1 amide bonds. The van der Waals surface area contributed by atoms with Gasteiger partial charge in [-0.2, -0.15) is 0 Å². The highest BCUT2D eigenvalue weighted by atomic mass is 79.9. The van der Waals surface area contributed by atoms with Crippen LogP contribution in [-0.2, 0) is 19.7 Å². The molecule has 5 nitrogen and oxygen atoms in total. The van der Waals surface area contributed by atoms with Gasteiger partial charge in [0.2, 0.25) is 5.91 Å². The minimum atomic E-state index is -0.347. The molecule has 1 N–H and O–H groups in total. The molecule has 3 fully saturated rings. The molecule has 6 atom stereocenters. The zero-order valence-electron chi connectivity index (χ0n) is 20.2. The third-order valence-electron chi connectivity index (χ3n) is 8.25. The van der Waals surface area contributed by atoms with Crippen LogP contribution in [0.1, 0.15) is 31.4 Å². The van der Waals surface area contributed by atoms with Gasteiger partial charge in [-0.05, 0) is 59.9 Å². The van der Waals surface area contributed by atoms with Crippen molar-refractivity contribution in [3.63, 3.8) is 0 Å². The molecular formula is C30H28BrNO4. The normalized spacial score (nSPS) is 28.1. The van der Waals surface area contributed by atoms with E-state index >= 15 is 0 Å². The number of anilines is 1. The van der Waals surface area contributed by atoms with Gasteiger partial charge in [-0.15, -0.1) is 0 Å².